The van der Waals surface area contributed by atoms with Gasteiger partial charge in [0.15, 0.2) is 0 Å². The van der Waals surface area contributed by atoms with E-state index >= 15 is 0 Å². The van der Waals surface area contributed by atoms with Gasteiger partial charge < -0.3 is 16.2 Å². The van der Waals surface area contributed by atoms with Crippen molar-refractivity contribution < 1.29 is 5.11 Å². The number of halogens is 2. The maximum absolute atomic E-state index is 11.9. The Morgan fingerprint density at radius 2 is 1.66 bits per heavy atom. The lowest BCUT2D eigenvalue weighted by Gasteiger charge is -2.39. The van der Waals surface area contributed by atoms with Crippen molar-refractivity contribution in [1.82, 2.24) is 5.32 Å². The predicted molar refractivity (Wildman–Crippen MR) is 129 cm³/mol. The molecule has 1 aliphatic carbocycles. The first-order valence-corrected chi connectivity index (χ1v) is 12.3. The van der Waals surface area contributed by atoms with E-state index in [0.29, 0.717) is 11.6 Å². The summed E-state index contributed by atoms with van der Waals surface area (Å²) in [6.45, 7) is 1.88. The normalized spacial score (nSPS) is 17.2. The Balaban J connectivity index is 1.61. The van der Waals surface area contributed by atoms with Crippen molar-refractivity contribution in [3.8, 4) is 0 Å². The number of hydrogen-bond donors (Lipinski definition) is 3. The first-order chi connectivity index (χ1) is 14.0. The van der Waals surface area contributed by atoms with Crippen LogP contribution >= 0.6 is 31.9 Å². The number of benzene rings is 2. The first-order valence-electron chi connectivity index (χ1n) is 10.7. The van der Waals surface area contributed by atoms with Gasteiger partial charge in [0.25, 0.3) is 0 Å². The van der Waals surface area contributed by atoms with Crippen molar-refractivity contribution in [1.29, 1.82) is 0 Å². The molecule has 0 heterocycles. The second-order valence-electron chi connectivity index (χ2n) is 8.20. The Morgan fingerprint density at radius 3 is 2.31 bits per heavy atom. The van der Waals surface area contributed by atoms with Gasteiger partial charge in [0.05, 0.1) is 11.3 Å². The highest BCUT2D eigenvalue weighted by atomic mass is 79.9. The molecule has 1 fully saturated rings. The van der Waals surface area contributed by atoms with E-state index in [4.69, 9.17) is 5.73 Å². The van der Waals surface area contributed by atoms with E-state index in [-0.39, 0.29) is 0 Å². The highest BCUT2D eigenvalue weighted by Gasteiger charge is 2.39. The van der Waals surface area contributed by atoms with Gasteiger partial charge in [0.1, 0.15) is 0 Å². The summed E-state index contributed by atoms with van der Waals surface area (Å²) >= 11 is 7.12. The molecule has 1 aliphatic rings. The van der Waals surface area contributed by atoms with Crippen LogP contribution in [0.15, 0.2) is 51.4 Å². The second kappa shape index (κ2) is 10.9. The third-order valence-electron chi connectivity index (χ3n) is 6.20. The Labute approximate surface area is 191 Å². The summed E-state index contributed by atoms with van der Waals surface area (Å²) in [5.74, 6) is 0.308. The van der Waals surface area contributed by atoms with E-state index in [0.717, 1.165) is 59.7 Å². The molecule has 5 heteroatoms. The predicted octanol–water partition coefficient (Wildman–Crippen LogP) is 6.17. The Morgan fingerprint density at radius 1 is 1.00 bits per heavy atom. The van der Waals surface area contributed by atoms with Gasteiger partial charge in [-0.1, -0.05) is 49.6 Å². The fourth-order valence-electron chi connectivity index (χ4n) is 4.48. The van der Waals surface area contributed by atoms with Crippen molar-refractivity contribution in [3.63, 3.8) is 0 Å². The Hall–Kier alpha value is -0.880. The van der Waals surface area contributed by atoms with Crippen LogP contribution in [0.5, 0.6) is 0 Å². The van der Waals surface area contributed by atoms with E-state index in [1.165, 1.54) is 24.8 Å². The first kappa shape index (κ1) is 22.8. The number of nitrogens with one attached hydrogen (secondary N) is 1. The van der Waals surface area contributed by atoms with Crippen molar-refractivity contribution in [2.75, 3.05) is 18.8 Å². The van der Waals surface area contributed by atoms with Crippen LogP contribution in [-0.2, 0) is 12.0 Å². The lowest BCUT2D eigenvalue weighted by atomic mass is 9.71. The third kappa shape index (κ3) is 6.06. The molecular weight excluding hydrogens is 492 g/mol. The minimum atomic E-state index is -0.805. The molecule has 0 radical (unpaired) electrons. The summed E-state index contributed by atoms with van der Waals surface area (Å²) < 4.78 is 1.69. The van der Waals surface area contributed by atoms with Crippen molar-refractivity contribution >= 4 is 37.5 Å². The molecule has 3 rings (SSSR count). The average molecular weight is 524 g/mol. The molecule has 0 aromatic heterocycles. The highest BCUT2D eigenvalue weighted by molar-refractivity contribution is 9.11. The monoisotopic (exact) mass is 522 g/mol. The minimum absolute atomic E-state index is 0.308. The molecule has 2 aromatic carbocycles. The lowest BCUT2D eigenvalue weighted by Crippen LogP contribution is -2.37. The molecule has 1 unspecified atom stereocenters. The SMILES string of the molecule is Nc1c(Br)cc(C(O)(CCCNCCc2ccccc2)C2CCCCC2)cc1Br. The summed E-state index contributed by atoms with van der Waals surface area (Å²) in [7, 11) is 0. The summed E-state index contributed by atoms with van der Waals surface area (Å²) in [6.07, 6.45) is 8.63. The molecule has 0 bridgehead atoms. The summed E-state index contributed by atoms with van der Waals surface area (Å²) in [4.78, 5) is 0. The molecule has 3 nitrogen and oxygen atoms in total. The number of anilines is 1. The fourth-order valence-corrected chi connectivity index (χ4v) is 5.67. The van der Waals surface area contributed by atoms with Crippen LogP contribution in [0.4, 0.5) is 5.69 Å². The van der Waals surface area contributed by atoms with Crippen LogP contribution < -0.4 is 11.1 Å². The quantitative estimate of drug-likeness (QED) is 0.272. The molecule has 0 amide bonds. The van der Waals surface area contributed by atoms with Crippen molar-refractivity contribution in [2.24, 2.45) is 5.92 Å². The van der Waals surface area contributed by atoms with Crippen molar-refractivity contribution in [3.05, 3.63) is 62.5 Å². The molecule has 0 spiro atoms. The van der Waals surface area contributed by atoms with Gasteiger partial charge >= 0.3 is 0 Å². The molecular formula is C24H32Br2N2O. The van der Waals surface area contributed by atoms with Crippen LogP contribution in [0.1, 0.15) is 56.1 Å². The fraction of sp³-hybridized carbons (Fsp3) is 0.500. The van der Waals surface area contributed by atoms with Crippen LogP contribution in [0.3, 0.4) is 0 Å². The smallest absolute Gasteiger partial charge is 0.0925 e. The third-order valence-corrected chi connectivity index (χ3v) is 7.52. The zero-order chi connectivity index (χ0) is 20.7. The van der Waals surface area contributed by atoms with Gasteiger partial charge in [0.2, 0.25) is 0 Å². The standard InChI is InChI=1S/C24H32Br2N2O/c25-21-16-20(17-22(26)23(21)27)24(29,19-10-5-2-6-11-19)13-7-14-28-15-12-18-8-3-1-4-9-18/h1,3-4,8-9,16-17,19,28-29H,2,5-7,10-15,27H2. The van der Waals surface area contributed by atoms with Gasteiger partial charge in [-0.15, -0.1) is 0 Å². The Bertz CT molecular complexity index is 755. The number of hydrogen-bond acceptors (Lipinski definition) is 3. The van der Waals surface area contributed by atoms with Gasteiger partial charge in [-0.25, -0.2) is 0 Å². The number of rotatable bonds is 9. The minimum Gasteiger partial charge on any atom is -0.397 e. The van der Waals surface area contributed by atoms with E-state index in [1.807, 2.05) is 12.1 Å². The average Bonchev–Trinajstić information content (AvgIpc) is 2.75. The molecule has 0 saturated heterocycles. The van der Waals surface area contributed by atoms with E-state index in [1.54, 1.807) is 0 Å². The Kier molecular flexibility index (Phi) is 8.60. The molecule has 4 N–H and O–H groups in total. The lowest BCUT2D eigenvalue weighted by molar-refractivity contribution is -0.0475. The summed E-state index contributed by atoms with van der Waals surface area (Å²) in [6, 6.07) is 14.6. The second-order valence-corrected chi connectivity index (χ2v) is 9.91. The number of nitrogens with two attached hydrogens (primary N) is 1. The van der Waals surface area contributed by atoms with Gasteiger partial charge in [-0.2, -0.15) is 0 Å². The van der Waals surface area contributed by atoms with E-state index in [9.17, 15) is 5.11 Å². The van der Waals surface area contributed by atoms with Crippen LogP contribution in [-0.4, -0.2) is 18.2 Å². The summed E-state index contributed by atoms with van der Waals surface area (Å²) in [5, 5.41) is 15.4. The number of nitrogen functional groups attached to an aromatic ring is 1. The van der Waals surface area contributed by atoms with E-state index < -0.39 is 5.60 Å². The van der Waals surface area contributed by atoms with Crippen molar-refractivity contribution in [2.45, 2.75) is 57.0 Å². The molecule has 158 valence electrons. The van der Waals surface area contributed by atoms with E-state index in [2.05, 4.69) is 67.5 Å². The number of aliphatic hydroxyl groups is 1. The molecule has 1 saturated carbocycles. The van der Waals surface area contributed by atoms with Crippen LogP contribution in [0.2, 0.25) is 0 Å². The zero-order valence-corrected chi connectivity index (χ0v) is 20.1. The largest absolute Gasteiger partial charge is 0.397 e. The topological polar surface area (TPSA) is 58.3 Å². The molecule has 29 heavy (non-hydrogen) atoms. The molecule has 1 atom stereocenters. The molecule has 2 aromatic rings. The maximum Gasteiger partial charge on any atom is 0.0925 e. The zero-order valence-electron chi connectivity index (χ0n) is 17.0. The molecule has 0 aliphatic heterocycles. The maximum atomic E-state index is 11.9. The van der Waals surface area contributed by atoms with Crippen LogP contribution in [0.25, 0.3) is 0 Å². The summed E-state index contributed by atoms with van der Waals surface area (Å²) in [5.41, 5.74) is 8.30. The van der Waals surface area contributed by atoms with Crippen LogP contribution in [0, 0.1) is 5.92 Å². The van der Waals surface area contributed by atoms with Gasteiger partial charge in [0, 0.05) is 8.95 Å². The highest BCUT2D eigenvalue weighted by Crippen LogP contribution is 2.44. The van der Waals surface area contributed by atoms with Gasteiger partial charge in [-0.3, -0.25) is 0 Å². The van der Waals surface area contributed by atoms with Gasteiger partial charge in [-0.05, 0) is 106 Å².